The van der Waals surface area contributed by atoms with Crippen molar-refractivity contribution in [1.29, 1.82) is 0 Å². The van der Waals surface area contributed by atoms with Gasteiger partial charge in [-0.05, 0) is 31.4 Å². The highest BCUT2D eigenvalue weighted by molar-refractivity contribution is 5.88. The van der Waals surface area contributed by atoms with E-state index in [1.807, 2.05) is 0 Å². The fourth-order valence-corrected chi connectivity index (χ4v) is 1.90. The van der Waals surface area contributed by atoms with Crippen molar-refractivity contribution < 1.29 is 23.8 Å². The van der Waals surface area contributed by atoms with Crippen LogP contribution < -0.4 is 4.74 Å². The summed E-state index contributed by atoms with van der Waals surface area (Å²) in [5.41, 5.74) is -0.116. The van der Waals surface area contributed by atoms with Crippen molar-refractivity contribution in [3.8, 4) is 5.75 Å². The van der Waals surface area contributed by atoms with Gasteiger partial charge in [0, 0.05) is 12.7 Å². The summed E-state index contributed by atoms with van der Waals surface area (Å²) >= 11 is 0. The van der Waals surface area contributed by atoms with Gasteiger partial charge in [-0.25, -0.2) is 9.18 Å². The van der Waals surface area contributed by atoms with E-state index < -0.39 is 11.8 Å². The smallest absolute Gasteiger partial charge is 0.335 e. The maximum Gasteiger partial charge on any atom is 0.335 e. The molecule has 1 unspecified atom stereocenters. The lowest BCUT2D eigenvalue weighted by atomic mass is 10.1. The monoisotopic (exact) mass is 254 g/mol. The first-order valence-corrected chi connectivity index (χ1v) is 5.93. The molecule has 1 aromatic rings. The highest BCUT2D eigenvalue weighted by Gasteiger charge is 2.15. The Balaban J connectivity index is 1.97. The van der Waals surface area contributed by atoms with Gasteiger partial charge in [0.05, 0.1) is 11.7 Å². The molecule has 1 fully saturated rings. The average Bonchev–Trinajstić information content (AvgIpc) is 2.37. The van der Waals surface area contributed by atoms with Crippen molar-refractivity contribution in [1.82, 2.24) is 0 Å². The van der Waals surface area contributed by atoms with E-state index in [0.29, 0.717) is 6.61 Å². The van der Waals surface area contributed by atoms with Gasteiger partial charge in [-0.1, -0.05) is 0 Å². The third-order valence-corrected chi connectivity index (χ3v) is 2.83. The van der Waals surface area contributed by atoms with Crippen LogP contribution in [0.25, 0.3) is 0 Å². The van der Waals surface area contributed by atoms with Crippen molar-refractivity contribution in [2.24, 2.45) is 0 Å². The van der Waals surface area contributed by atoms with Crippen LogP contribution in [0.15, 0.2) is 18.2 Å². The molecule has 1 N–H and O–H groups in total. The van der Waals surface area contributed by atoms with Crippen LogP contribution in [0.4, 0.5) is 4.39 Å². The molecular weight excluding hydrogens is 239 g/mol. The summed E-state index contributed by atoms with van der Waals surface area (Å²) in [6.07, 6.45) is 3.08. The summed E-state index contributed by atoms with van der Waals surface area (Å²) in [5, 5.41) is 8.80. The van der Waals surface area contributed by atoms with Crippen molar-refractivity contribution >= 4 is 5.97 Å². The standard InChI is InChI=1S/C13H15FO4/c14-10-5-9(13(15)16)6-12(7-10)18-8-11-3-1-2-4-17-11/h5-7,11H,1-4,8H2,(H,15,16). The van der Waals surface area contributed by atoms with Gasteiger partial charge < -0.3 is 14.6 Å². The van der Waals surface area contributed by atoms with Gasteiger partial charge in [0.1, 0.15) is 18.2 Å². The van der Waals surface area contributed by atoms with Gasteiger partial charge in [0.25, 0.3) is 0 Å². The van der Waals surface area contributed by atoms with E-state index in [4.69, 9.17) is 14.6 Å². The zero-order valence-corrected chi connectivity index (χ0v) is 9.89. The fourth-order valence-electron chi connectivity index (χ4n) is 1.90. The van der Waals surface area contributed by atoms with Crippen molar-refractivity contribution in [2.75, 3.05) is 13.2 Å². The van der Waals surface area contributed by atoms with E-state index in [0.717, 1.165) is 31.9 Å². The minimum atomic E-state index is -1.17. The normalized spacial score (nSPS) is 19.5. The number of ether oxygens (including phenoxy) is 2. The highest BCUT2D eigenvalue weighted by atomic mass is 19.1. The second kappa shape index (κ2) is 5.82. The molecule has 0 amide bonds. The zero-order chi connectivity index (χ0) is 13.0. The molecule has 1 aromatic carbocycles. The number of hydrogen-bond acceptors (Lipinski definition) is 3. The summed E-state index contributed by atoms with van der Waals surface area (Å²) in [6, 6.07) is 3.45. The number of rotatable bonds is 4. The third-order valence-electron chi connectivity index (χ3n) is 2.83. The first-order chi connectivity index (χ1) is 8.65. The summed E-state index contributed by atoms with van der Waals surface area (Å²) in [7, 11) is 0. The maximum absolute atomic E-state index is 13.2. The van der Waals surface area contributed by atoms with Crippen LogP contribution in [-0.4, -0.2) is 30.4 Å². The Kier molecular flexibility index (Phi) is 4.15. The predicted molar refractivity (Wildman–Crippen MR) is 62.4 cm³/mol. The van der Waals surface area contributed by atoms with E-state index in [1.54, 1.807) is 0 Å². The summed E-state index contributed by atoms with van der Waals surface area (Å²) in [5.74, 6) is -1.57. The molecule has 1 heterocycles. The van der Waals surface area contributed by atoms with Crippen LogP contribution in [0.3, 0.4) is 0 Å². The minimum Gasteiger partial charge on any atom is -0.491 e. The first kappa shape index (κ1) is 12.8. The van der Waals surface area contributed by atoms with Crippen LogP contribution in [0, 0.1) is 5.82 Å². The number of carboxylic acids is 1. The Hall–Kier alpha value is -1.62. The first-order valence-electron chi connectivity index (χ1n) is 5.93. The molecule has 4 nitrogen and oxygen atoms in total. The van der Waals surface area contributed by atoms with E-state index in [1.165, 1.54) is 12.1 Å². The number of benzene rings is 1. The number of halogens is 1. The van der Waals surface area contributed by atoms with E-state index in [2.05, 4.69) is 0 Å². The lowest BCUT2D eigenvalue weighted by Crippen LogP contribution is -2.25. The Morgan fingerprint density at radius 2 is 2.28 bits per heavy atom. The Morgan fingerprint density at radius 1 is 1.44 bits per heavy atom. The maximum atomic E-state index is 13.2. The Morgan fingerprint density at radius 3 is 2.94 bits per heavy atom. The van der Waals surface area contributed by atoms with Crippen LogP contribution >= 0.6 is 0 Å². The van der Waals surface area contributed by atoms with Crippen molar-refractivity contribution in [2.45, 2.75) is 25.4 Å². The number of carboxylic acid groups (broad SMARTS) is 1. The molecule has 1 aliphatic rings. The summed E-state index contributed by atoms with van der Waals surface area (Å²) in [6.45, 7) is 1.04. The van der Waals surface area contributed by atoms with Gasteiger partial charge in [-0.2, -0.15) is 0 Å². The molecule has 1 saturated heterocycles. The fraction of sp³-hybridized carbons (Fsp3) is 0.462. The summed E-state index contributed by atoms with van der Waals surface area (Å²) in [4.78, 5) is 10.8. The molecule has 18 heavy (non-hydrogen) atoms. The van der Waals surface area contributed by atoms with E-state index in [9.17, 15) is 9.18 Å². The zero-order valence-electron chi connectivity index (χ0n) is 9.89. The van der Waals surface area contributed by atoms with Crippen molar-refractivity contribution in [3.05, 3.63) is 29.6 Å². The van der Waals surface area contributed by atoms with Crippen molar-refractivity contribution in [3.63, 3.8) is 0 Å². The molecule has 2 rings (SSSR count). The molecule has 0 saturated carbocycles. The second-order valence-corrected chi connectivity index (χ2v) is 4.28. The third kappa shape index (κ3) is 3.43. The van der Waals surface area contributed by atoms with Gasteiger partial charge >= 0.3 is 5.97 Å². The van der Waals surface area contributed by atoms with Crippen LogP contribution in [0.1, 0.15) is 29.6 Å². The SMILES string of the molecule is O=C(O)c1cc(F)cc(OCC2CCCCO2)c1. The lowest BCUT2D eigenvalue weighted by Gasteiger charge is -2.22. The summed E-state index contributed by atoms with van der Waals surface area (Å²) < 4.78 is 24.0. The number of carbonyl (C=O) groups is 1. The van der Waals surface area contributed by atoms with E-state index in [-0.39, 0.29) is 17.4 Å². The molecule has 0 aromatic heterocycles. The van der Waals surface area contributed by atoms with Gasteiger partial charge in [-0.15, -0.1) is 0 Å². The van der Waals surface area contributed by atoms with Crippen LogP contribution in [-0.2, 0) is 4.74 Å². The molecular formula is C13H15FO4. The highest BCUT2D eigenvalue weighted by Crippen LogP contribution is 2.19. The quantitative estimate of drug-likeness (QED) is 0.896. The lowest BCUT2D eigenvalue weighted by molar-refractivity contribution is -0.0111. The predicted octanol–water partition coefficient (Wildman–Crippen LogP) is 2.47. The van der Waals surface area contributed by atoms with Crippen LogP contribution in [0.5, 0.6) is 5.75 Å². The molecule has 98 valence electrons. The molecule has 5 heteroatoms. The van der Waals surface area contributed by atoms with Gasteiger partial charge in [-0.3, -0.25) is 0 Å². The molecule has 1 aliphatic heterocycles. The molecule has 0 aliphatic carbocycles. The second-order valence-electron chi connectivity index (χ2n) is 4.28. The number of hydrogen-bond donors (Lipinski definition) is 1. The molecule has 0 radical (unpaired) electrons. The molecule has 0 spiro atoms. The van der Waals surface area contributed by atoms with Crippen LogP contribution in [0.2, 0.25) is 0 Å². The Bertz CT molecular complexity index is 427. The van der Waals surface area contributed by atoms with E-state index >= 15 is 0 Å². The van der Waals surface area contributed by atoms with Gasteiger partial charge in [0.2, 0.25) is 0 Å². The molecule has 1 atom stereocenters. The number of aromatic carboxylic acids is 1. The molecule has 0 bridgehead atoms. The topological polar surface area (TPSA) is 55.8 Å². The van der Waals surface area contributed by atoms with Gasteiger partial charge in [0.15, 0.2) is 0 Å². The Labute approximate surface area is 104 Å². The largest absolute Gasteiger partial charge is 0.491 e. The average molecular weight is 254 g/mol. The minimum absolute atomic E-state index is 0.00953.